The molecular weight excluding hydrogens is 422 g/mol. The van der Waals surface area contributed by atoms with Crippen LogP contribution in [0, 0.1) is 0 Å². The Bertz CT molecular complexity index is 1190. The molecule has 0 radical (unpaired) electrons. The summed E-state index contributed by atoms with van der Waals surface area (Å²) in [6.45, 7) is 0. The Morgan fingerprint density at radius 3 is 2.25 bits per heavy atom. The van der Waals surface area contributed by atoms with Gasteiger partial charge in [0, 0.05) is 17.7 Å². The van der Waals surface area contributed by atoms with Gasteiger partial charge in [0.1, 0.15) is 5.82 Å². The Hall–Kier alpha value is -3.58. The SMILES string of the molecule is COc1ccc(C(=O)CSc2nnc(Cc3ccccc3)n2-c2ccccc2)cc1OC. The van der Waals surface area contributed by atoms with Gasteiger partial charge in [-0.3, -0.25) is 9.36 Å². The molecule has 0 bridgehead atoms. The van der Waals surface area contributed by atoms with Crippen LogP contribution in [0.5, 0.6) is 11.5 Å². The monoisotopic (exact) mass is 445 g/mol. The minimum Gasteiger partial charge on any atom is -0.493 e. The maximum absolute atomic E-state index is 12.9. The second-order valence-electron chi connectivity index (χ2n) is 7.01. The number of ether oxygens (including phenoxy) is 2. The van der Waals surface area contributed by atoms with Gasteiger partial charge in [-0.25, -0.2) is 0 Å². The second-order valence-corrected chi connectivity index (χ2v) is 7.96. The van der Waals surface area contributed by atoms with Crippen LogP contribution in [0.15, 0.2) is 84.0 Å². The summed E-state index contributed by atoms with van der Waals surface area (Å²) in [5, 5.41) is 9.50. The highest BCUT2D eigenvalue weighted by atomic mass is 32.2. The molecule has 0 spiro atoms. The Labute approximate surface area is 191 Å². The Balaban J connectivity index is 1.58. The van der Waals surface area contributed by atoms with E-state index in [0.29, 0.717) is 28.6 Å². The third kappa shape index (κ3) is 4.84. The molecule has 7 heteroatoms. The fourth-order valence-electron chi connectivity index (χ4n) is 3.35. The summed E-state index contributed by atoms with van der Waals surface area (Å²) in [7, 11) is 3.12. The van der Waals surface area contributed by atoms with Crippen LogP contribution in [0.2, 0.25) is 0 Å². The molecule has 0 saturated carbocycles. The topological polar surface area (TPSA) is 66.2 Å². The zero-order valence-electron chi connectivity index (χ0n) is 17.9. The first-order valence-electron chi connectivity index (χ1n) is 10.1. The van der Waals surface area contributed by atoms with Crippen molar-refractivity contribution < 1.29 is 14.3 Å². The van der Waals surface area contributed by atoms with Crippen LogP contribution in [0.1, 0.15) is 21.7 Å². The molecule has 1 heterocycles. The van der Waals surface area contributed by atoms with Gasteiger partial charge in [0.05, 0.1) is 20.0 Å². The van der Waals surface area contributed by atoms with E-state index in [1.807, 2.05) is 53.1 Å². The lowest BCUT2D eigenvalue weighted by Crippen LogP contribution is -2.07. The quantitative estimate of drug-likeness (QED) is 0.271. The molecule has 0 saturated heterocycles. The van der Waals surface area contributed by atoms with E-state index >= 15 is 0 Å². The number of methoxy groups -OCH3 is 2. The van der Waals surface area contributed by atoms with Crippen molar-refractivity contribution in [1.29, 1.82) is 0 Å². The fourth-order valence-corrected chi connectivity index (χ4v) is 4.21. The number of Topliss-reactive ketones (excluding diaryl/α,β-unsaturated/α-hetero) is 1. The van der Waals surface area contributed by atoms with Gasteiger partial charge in [0.15, 0.2) is 22.4 Å². The Kier molecular flexibility index (Phi) is 6.87. The normalized spacial score (nSPS) is 10.7. The summed E-state index contributed by atoms with van der Waals surface area (Å²) in [5.41, 5.74) is 2.67. The molecule has 3 aromatic carbocycles. The van der Waals surface area contributed by atoms with Crippen LogP contribution < -0.4 is 9.47 Å². The molecule has 0 fully saturated rings. The van der Waals surface area contributed by atoms with Crippen LogP contribution in [0.3, 0.4) is 0 Å². The van der Waals surface area contributed by atoms with Gasteiger partial charge < -0.3 is 9.47 Å². The molecule has 0 atom stereocenters. The van der Waals surface area contributed by atoms with Crippen LogP contribution in [-0.2, 0) is 6.42 Å². The summed E-state index contributed by atoms with van der Waals surface area (Å²) in [5.74, 6) is 2.14. The summed E-state index contributed by atoms with van der Waals surface area (Å²) >= 11 is 1.37. The number of para-hydroxylation sites is 1. The van der Waals surface area contributed by atoms with E-state index in [9.17, 15) is 4.79 Å². The van der Waals surface area contributed by atoms with Crippen molar-refractivity contribution in [3.8, 4) is 17.2 Å². The lowest BCUT2D eigenvalue weighted by atomic mass is 10.1. The number of rotatable bonds is 9. The number of thioether (sulfide) groups is 1. The molecule has 0 amide bonds. The Morgan fingerprint density at radius 2 is 1.56 bits per heavy atom. The van der Waals surface area contributed by atoms with Crippen LogP contribution >= 0.6 is 11.8 Å². The van der Waals surface area contributed by atoms with Crippen molar-refractivity contribution in [1.82, 2.24) is 14.8 Å². The zero-order chi connectivity index (χ0) is 22.3. The highest BCUT2D eigenvalue weighted by molar-refractivity contribution is 7.99. The predicted molar refractivity (Wildman–Crippen MR) is 125 cm³/mol. The highest BCUT2D eigenvalue weighted by Crippen LogP contribution is 2.29. The molecule has 32 heavy (non-hydrogen) atoms. The summed E-state index contributed by atoms with van der Waals surface area (Å²) in [4.78, 5) is 12.9. The lowest BCUT2D eigenvalue weighted by molar-refractivity contribution is 0.102. The van der Waals surface area contributed by atoms with Gasteiger partial charge in [-0.05, 0) is 35.9 Å². The molecule has 4 rings (SSSR count). The Morgan fingerprint density at radius 1 is 0.875 bits per heavy atom. The second kappa shape index (κ2) is 10.2. The van der Waals surface area contributed by atoms with Crippen LogP contribution in [0.4, 0.5) is 0 Å². The summed E-state index contributed by atoms with van der Waals surface area (Å²) in [6.07, 6.45) is 0.646. The van der Waals surface area contributed by atoms with Crippen molar-refractivity contribution in [3.63, 3.8) is 0 Å². The molecule has 0 N–H and O–H groups in total. The standard InChI is InChI=1S/C25H23N3O3S/c1-30-22-14-13-19(16-23(22)31-2)21(29)17-32-25-27-26-24(15-18-9-5-3-6-10-18)28(25)20-11-7-4-8-12-20/h3-14,16H,15,17H2,1-2H3. The molecule has 6 nitrogen and oxygen atoms in total. The van der Waals surface area contributed by atoms with Gasteiger partial charge in [-0.1, -0.05) is 60.3 Å². The van der Waals surface area contributed by atoms with E-state index in [1.165, 1.54) is 11.8 Å². The van der Waals surface area contributed by atoms with Crippen LogP contribution in [0.25, 0.3) is 5.69 Å². The van der Waals surface area contributed by atoms with Gasteiger partial charge in [0.25, 0.3) is 0 Å². The molecule has 0 aliphatic heterocycles. The number of ketones is 1. The van der Waals surface area contributed by atoms with Crippen molar-refractivity contribution in [2.45, 2.75) is 11.6 Å². The van der Waals surface area contributed by atoms with E-state index in [0.717, 1.165) is 17.1 Å². The number of benzene rings is 3. The number of hydrogen-bond acceptors (Lipinski definition) is 6. The van der Waals surface area contributed by atoms with Crippen molar-refractivity contribution in [3.05, 3.63) is 95.8 Å². The average Bonchev–Trinajstić information content (AvgIpc) is 3.25. The van der Waals surface area contributed by atoms with Crippen LogP contribution in [-0.4, -0.2) is 40.5 Å². The van der Waals surface area contributed by atoms with Gasteiger partial charge in [-0.2, -0.15) is 0 Å². The molecule has 0 unspecified atom stereocenters. The summed E-state index contributed by atoms with van der Waals surface area (Å²) in [6, 6.07) is 25.3. The van der Waals surface area contributed by atoms with Gasteiger partial charge in [-0.15, -0.1) is 10.2 Å². The van der Waals surface area contributed by atoms with Gasteiger partial charge in [0.2, 0.25) is 0 Å². The van der Waals surface area contributed by atoms with E-state index in [1.54, 1.807) is 32.4 Å². The first-order chi connectivity index (χ1) is 15.7. The minimum absolute atomic E-state index is 0.0248. The summed E-state index contributed by atoms with van der Waals surface area (Å²) < 4.78 is 12.6. The van der Waals surface area contributed by atoms with E-state index < -0.39 is 0 Å². The van der Waals surface area contributed by atoms with E-state index in [2.05, 4.69) is 22.3 Å². The third-order valence-corrected chi connectivity index (χ3v) is 5.89. The predicted octanol–water partition coefficient (Wildman–Crippen LogP) is 4.85. The smallest absolute Gasteiger partial charge is 0.196 e. The molecule has 1 aromatic heterocycles. The van der Waals surface area contributed by atoms with Crippen molar-refractivity contribution in [2.24, 2.45) is 0 Å². The number of carbonyl (C=O) groups is 1. The zero-order valence-corrected chi connectivity index (χ0v) is 18.7. The third-order valence-electron chi connectivity index (χ3n) is 4.96. The highest BCUT2D eigenvalue weighted by Gasteiger charge is 2.17. The molecule has 162 valence electrons. The van der Waals surface area contributed by atoms with Crippen molar-refractivity contribution >= 4 is 17.5 Å². The molecular formula is C25H23N3O3S. The molecule has 0 aliphatic rings. The fraction of sp³-hybridized carbons (Fsp3) is 0.160. The number of carbonyl (C=O) groups excluding carboxylic acids is 1. The number of nitrogens with zero attached hydrogens (tertiary/aromatic N) is 3. The maximum Gasteiger partial charge on any atom is 0.196 e. The minimum atomic E-state index is -0.0248. The van der Waals surface area contributed by atoms with Crippen molar-refractivity contribution in [2.75, 3.05) is 20.0 Å². The first-order valence-corrected chi connectivity index (χ1v) is 11.1. The first kappa shape index (κ1) is 21.6. The molecule has 0 aliphatic carbocycles. The maximum atomic E-state index is 12.9. The van der Waals surface area contributed by atoms with Gasteiger partial charge >= 0.3 is 0 Å². The van der Waals surface area contributed by atoms with E-state index in [-0.39, 0.29) is 11.5 Å². The van der Waals surface area contributed by atoms with E-state index in [4.69, 9.17) is 9.47 Å². The number of aromatic nitrogens is 3. The largest absolute Gasteiger partial charge is 0.493 e. The molecule has 4 aromatic rings. The lowest BCUT2D eigenvalue weighted by Gasteiger charge is -2.11. The average molecular weight is 446 g/mol. The number of hydrogen-bond donors (Lipinski definition) is 0.